The fourth-order valence-corrected chi connectivity index (χ4v) is 4.10. The van der Waals surface area contributed by atoms with E-state index in [-0.39, 0.29) is 13.1 Å². The first-order chi connectivity index (χ1) is 14.2. The molecule has 30 heavy (non-hydrogen) atoms. The number of amides is 2. The van der Waals surface area contributed by atoms with Gasteiger partial charge in [-0.15, -0.1) is 0 Å². The summed E-state index contributed by atoms with van der Waals surface area (Å²) in [7, 11) is 0. The molecule has 4 N–H and O–H groups in total. The second-order valence-electron chi connectivity index (χ2n) is 7.67. The minimum Gasteiger partial charge on any atom is -0.378 e. The smallest absolute Gasteiger partial charge is 0.263 e. The van der Waals surface area contributed by atoms with Crippen LogP contribution in [-0.4, -0.2) is 33.9 Å². The predicted octanol–water partition coefficient (Wildman–Crippen LogP) is 3.18. The first kappa shape index (κ1) is 22.7. The molecule has 2 atom stereocenters. The number of benzene rings is 2. The largest absolute Gasteiger partial charge is 0.378 e. The van der Waals surface area contributed by atoms with Gasteiger partial charge in [-0.1, -0.05) is 41.4 Å². The number of aliphatic hydroxyl groups excluding tert-OH is 1. The van der Waals surface area contributed by atoms with E-state index in [0.717, 1.165) is 16.9 Å². The van der Waals surface area contributed by atoms with E-state index in [0.29, 0.717) is 34.1 Å². The molecule has 1 aliphatic heterocycles. The number of nitrogens with zero attached hydrogens (tertiary/aromatic N) is 1. The van der Waals surface area contributed by atoms with Crippen molar-refractivity contribution in [3.05, 3.63) is 69.2 Å². The molecule has 6 nitrogen and oxygen atoms in total. The van der Waals surface area contributed by atoms with Crippen LogP contribution in [0.5, 0.6) is 0 Å². The van der Waals surface area contributed by atoms with E-state index in [1.54, 1.807) is 43.3 Å². The van der Waals surface area contributed by atoms with Crippen LogP contribution in [0.15, 0.2) is 42.5 Å². The van der Waals surface area contributed by atoms with Crippen molar-refractivity contribution in [2.24, 2.45) is 5.73 Å². The number of carbonyl (C=O) groups is 2. The normalized spacial score (nSPS) is 19.5. The molecular weight excluding hydrogens is 425 g/mol. The SMILES string of the molecule is C[C@@]1(C(=O)N(Cc2cc(Cl)ccc2CN)C(=O)[C@@H](O)c2cccc(Cl)c2)CCCN1. The second kappa shape index (κ2) is 9.45. The zero-order valence-corrected chi connectivity index (χ0v) is 18.2. The van der Waals surface area contributed by atoms with E-state index in [9.17, 15) is 14.7 Å². The Morgan fingerprint density at radius 3 is 2.57 bits per heavy atom. The van der Waals surface area contributed by atoms with Crippen LogP contribution in [0.1, 0.15) is 42.6 Å². The first-order valence-electron chi connectivity index (χ1n) is 9.77. The summed E-state index contributed by atoms with van der Waals surface area (Å²) in [6.07, 6.45) is -0.104. The van der Waals surface area contributed by atoms with Crippen LogP contribution in [0.4, 0.5) is 0 Å². The molecule has 2 aromatic carbocycles. The number of nitrogens with two attached hydrogens (primary N) is 1. The molecule has 0 saturated carbocycles. The van der Waals surface area contributed by atoms with Gasteiger partial charge in [-0.05, 0) is 67.3 Å². The summed E-state index contributed by atoms with van der Waals surface area (Å²) in [5.41, 5.74) is 6.70. The van der Waals surface area contributed by atoms with E-state index in [4.69, 9.17) is 28.9 Å². The number of halogens is 2. The molecule has 0 bridgehead atoms. The maximum Gasteiger partial charge on any atom is 0.263 e. The van der Waals surface area contributed by atoms with Crippen molar-refractivity contribution >= 4 is 35.0 Å². The maximum absolute atomic E-state index is 13.4. The van der Waals surface area contributed by atoms with Crippen molar-refractivity contribution in [1.82, 2.24) is 10.2 Å². The quantitative estimate of drug-likeness (QED) is 0.629. The third kappa shape index (κ3) is 4.85. The molecule has 0 aromatic heterocycles. The van der Waals surface area contributed by atoms with Crippen LogP contribution in [0.25, 0.3) is 0 Å². The molecule has 2 aromatic rings. The molecule has 160 valence electrons. The van der Waals surface area contributed by atoms with Crippen molar-refractivity contribution in [3.63, 3.8) is 0 Å². The maximum atomic E-state index is 13.4. The molecule has 3 rings (SSSR count). The van der Waals surface area contributed by atoms with E-state index in [1.807, 2.05) is 0 Å². The number of carbonyl (C=O) groups excluding carboxylic acids is 2. The first-order valence-corrected chi connectivity index (χ1v) is 10.5. The monoisotopic (exact) mass is 449 g/mol. The Bertz CT molecular complexity index is 945. The number of hydrogen-bond acceptors (Lipinski definition) is 5. The highest BCUT2D eigenvalue weighted by atomic mass is 35.5. The third-order valence-corrected chi connectivity index (χ3v) is 5.94. The standard InChI is InChI=1S/C22H25Cl2N3O3/c1-22(8-3-9-26-22)21(30)27(13-16-11-18(24)7-6-15(16)12-25)20(29)19(28)14-4-2-5-17(23)10-14/h2,4-7,10-11,19,26,28H,3,8-9,12-13,25H2,1H3/t19-,22-/m0/s1. The molecule has 1 saturated heterocycles. The van der Waals surface area contributed by atoms with Gasteiger partial charge in [0.15, 0.2) is 6.10 Å². The molecule has 0 spiro atoms. The van der Waals surface area contributed by atoms with Gasteiger partial charge >= 0.3 is 0 Å². The second-order valence-corrected chi connectivity index (χ2v) is 8.54. The van der Waals surface area contributed by atoms with E-state index < -0.39 is 23.5 Å². The number of hydrogen-bond donors (Lipinski definition) is 3. The Morgan fingerprint density at radius 1 is 1.20 bits per heavy atom. The Balaban J connectivity index is 1.98. The Morgan fingerprint density at radius 2 is 1.93 bits per heavy atom. The molecule has 0 aliphatic carbocycles. The van der Waals surface area contributed by atoms with E-state index in [2.05, 4.69) is 5.32 Å². The van der Waals surface area contributed by atoms with Crippen LogP contribution in [-0.2, 0) is 22.7 Å². The highest BCUT2D eigenvalue weighted by Crippen LogP contribution is 2.27. The van der Waals surface area contributed by atoms with Gasteiger partial charge in [-0.3, -0.25) is 14.5 Å². The lowest BCUT2D eigenvalue weighted by molar-refractivity contribution is -0.154. The highest BCUT2D eigenvalue weighted by molar-refractivity contribution is 6.31. The lowest BCUT2D eigenvalue weighted by Crippen LogP contribution is -2.55. The molecule has 2 amide bonds. The van der Waals surface area contributed by atoms with Crippen LogP contribution < -0.4 is 11.1 Å². The average Bonchev–Trinajstić information content (AvgIpc) is 3.18. The van der Waals surface area contributed by atoms with Crippen LogP contribution in [0, 0.1) is 0 Å². The average molecular weight is 450 g/mol. The van der Waals surface area contributed by atoms with E-state index in [1.165, 1.54) is 6.07 Å². The molecular formula is C22H25Cl2N3O3. The Labute approximate surface area is 186 Å². The third-order valence-electron chi connectivity index (χ3n) is 5.47. The number of aliphatic hydroxyl groups is 1. The summed E-state index contributed by atoms with van der Waals surface area (Å²) >= 11 is 12.1. The summed E-state index contributed by atoms with van der Waals surface area (Å²) in [5, 5.41) is 14.8. The number of imide groups is 1. The predicted molar refractivity (Wildman–Crippen MR) is 117 cm³/mol. The minimum atomic E-state index is -1.53. The lowest BCUT2D eigenvalue weighted by Gasteiger charge is -2.32. The van der Waals surface area contributed by atoms with Gasteiger partial charge in [0.25, 0.3) is 5.91 Å². The molecule has 8 heteroatoms. The van der Waals surface area contributed by atoms with Crippen molar-refractivity contribution in [2.45, 2.75) is 44.5 Å². The fraction of sp³-hybridized carbons (Fsp3) is 0.364. The molecule has 0 unspecified atom stereocenters. The van der Waals surface area contributed by atoms with Gasteiger partial charge in [-0.25, -0.2) is 0 Å². The summed E-state index contributed by atoms with van der Waals surface area (Å²) in [4.78, 5) is 27.8. The summed E-state index contributed by atoms with van der Waals surface area (Å²) in [5.74, 6) is -1.12. The Kier molecular flexibility index (Phi) is 7.16. The van der Waals surface area contributed by atoms with Crippen molar-refractivity contribution < 1.29 is 14.7 Å². The van der Waals surface area contributed by atoms with E-state index >= 15 is 0 Å². The highest BCUT2D eigenvalue weighted by Gasteiger charge is 2.42. The van der Waals surface area contributed by atoms with Gasteiger partial charge in [0, 0.05) is 16.6 Å². The minimum absolute atomic E-state index is 0.0420. The van der Waals surface area contributed by atoms with Crippen LogP contribution >= 0.6 is 23.2 Å². The molecule has 1 aliphatic rings. The lowest BCUT2D eigenvalue weighted by atomic mass is 9.96. The zero-order chi connectivity index (χ0) is 21.9. The topological polar surface area (TPSA) is 95.7 Å². The molecule has 1 heterocycles. The molecule has 0 radical (unpaired) electrons. The van der Waals surface area contributed by atoms with Gasteiger partial charge in [-0.2, -0.15) is 0 Å². The fourth-order valence-electron chi connectivity index (χ4n) is 3.70. The van der Waals surface area contributed by atoms with Gasteiger partial charge in [0.1, 0.15) is 0 Å². The summed E-state index contributed by atoms with van der Waals surface area (Å²) in [6, 6.07) is 11.6. The van der Waals surface area contributed by atoms with Crippen molar-refractivity contribution in [1.29, 1.82) is 0 Å². The van der Waals surface area contributed by atoms with Gasteiger partial charge < -0.3 is 16.2 Å². The van der Waals surface area contributed by atoms with Crippen LogP contribution in [0.2, 0.25) is 10.0 Å². The van der Waals surface area contributed by atoms with Gasteiger partial charge in [0.2, 0.25) is 5.91 Å². The zero-order valence-electron chi connectivity index (χ0n) is 16.7. The number of rotatable bonds is 6. The molecule has 1 fully saturated rings. The van der Waals surface area contributed by atoms with Crippen molar-refractivity contribution in [2.75, 3.05) is 6.54 Å². The number of nitrogens with one attached hydrogen (secondary N) is 1. The van der Waals surface area contributed by atoms with Gasteiger partial charge in [0.05, 0.1) is 12.1 Å². The summed E-state index contributed by atoms with van der Waals surface area (Å²) in [6.45, 7) is 2.65. The van der Waals surface area contributed by atoms with Crippen molar-refractivity contribution in [3.8, 4) is 0 Å². The van der Waals surface area contributed by atoms with Crippen LogP contribution in [0.3, 0.4) is 0 Å². The summed E-state index contributed by atoms with van der Waals surface area (Å²) < 4.78 is 0. The Hall–Kier alpha value is -1.96.